The maximum absolute atomic E-state index is 11.9. The predicted octanol–water partition coefficient (Wildman–Crippen LogP) is 6.42. The van der Waals surface area contributed by atoms with E-state index in [2.05, 4.69) is 17.2 Å². The fourth-order valence-electron chi connectivity index (χ4n) is 2.19. The van der Waals surface area contributed by atoms with Crippen LogP contribution >= 0.6 is 34.5 Å². The molecule has 1 aromatic carbocycles. The van der Waals surface area contributed by atoms with Crippen LogP contribution in [0.1, 0.15) is 45.4 Å². The zero-order valence-corrected chi connectivity index (χ0v) is 15.4. The number of nitrogens with zero attached hydrogens (tertiary/aromatic N) is 1. The number of nitrogens with one attached hydrogen (secondary N) is 1. The van der Waals surface area contributed by atoms with Crippen molar-refractivity contribution in [1.82, 2.24) is 4.98 Å². The van der Waals surface area contributed by atoms with Crippen molar-refractivity contribution in [1.29, 1.82) is 0 Å². The summed E-state index contributed by atoms with van der Waals surface area (Å²) in [5.74, 6) is 0.0246. The summed E-state index contributed by atoms with van der Waals surface area (Å²) in [5, 5.41) is 6.38. The summed E-state index contributed by atoms with van der Waals surface area (Å²) < 4.78 is 0. The van der Waals surface area contributed by atoms with Gasteiger partial charge in [0.25, 0.3) is 0 Å². The van der Waals surface area contributed by atoms with Gasteiger partial charge in [0.05, 0.1) is 15.7 Å². The van der Waals surface area contributed by atoms with Crippen molar-refractivity contribution >= 4 is 45.6 Å². The number of amides is 1. The lowest BCUT2D eigenvalue weighted by molar-refractivity contribution is -0.116. The Kier molecular flexibility index (Phi) is 7.34. The summed E-state index contributed by atoms with van der Waals surface area (Å²) in [4.78, 5) is 16.3. The Bertz CT molecular complexity index is 658. The Balaban J connectivity index is 1.86. The Morgan fingerprint density at radius 1 is 1.17 bits per heavy atom. The normalized spacial score (nSPS) is 10.7. The van der Waals surface area contributed by atoms with Gasteiger partial charge in [-0.25, -0.2) is 4.98 Å². The number of hydrogen-bond donors (Lipinski definition) is 1. The largest absolute Gasteiger partial charge is 0.302 e. The molecule has 0 atom stereocenters. The fraction of sp³-hybridized carbons (Fsp3) is 0.412. The molecule has 1 amide bonds. The molecule has 0 saturated heterocycles. The fourth-order valence-corrected chi connectivity index (χ4v) is 3.22. The van der Waals surface area contributed by atoms with E-state index < -0.39 is 0 Å². The van der Waals surface area contributed by atoms with Crippen LogP contribution in [0.2, 0.25) is 10.0 Å². The van der Waals surface area contributed by atoms with Gasteiger partial charge in [0.15, 0.2) is 5.13 Å². The van der Waals surface area contributed by atoms with Crippen molar-refractivity contribution in [2.24, 2.45) is 0 Å². The van der Waals surface area contributed by atoms with Crippen LogP contribution in [0.15, 0.2) is 23.6 Å². The number of benzene rings is 1. The van der Waals surface area contributed by atoms with Crippen molar-refractivity contribution < 1.29 is 4.79 Å². The molecule has 0 aliphatic heterocycles. The number of rotatable bonds is 8. The highest BCUT2D eigenvalue weighted by Gasteiger charge is 2.09. The molecule has 0 unspecified atom stereocenters. The molecule has 0 aliphatic carbocycles. The van der Waals surface area contributed by atoms with Gasteiger partial charge in [-0.2, -0.15) is 0 Å². The van der Waals surface area contributed by atoms with E-state index in [4.69, 9.17) is 23.2 Å². The quantitative estimate of drug-likeness (QED) is 0.544. The van der Waals surface area contributed by atoms with Crippen molar-refractivity contribution in [3.05, 3.63) is 33.6 Å². The topological polar surface area (TPSA) is 42.0 Å². The molecule has 0 saturated carbocycles. The molecule has 1 N–H and O–H groups in total. The maximum Gasteiger partial charge on any atom is 0.226 e. The van der Waals surface area contributed by atoms with E-state index in [0.717, 1.165) is 24.1 Å². The number of carbonyl (C=O) groups excluding carboxylic acids is 1. The number of aromatic nitrogens is 1. The second-order valence-electron chi connectivity index (χ2n) is 5.38. The van der Waals surface area contributed by atoms with Gasteiger partial charge in [-0.15, -0.1) is 11.3 Å². The zero-order valence-electron chi connectivity index (χ0n) is 13.1. The molecule has 2 rings (SSSR count). The minimum Gasteiger partial charge on any atom is -0.302 e. The highest BCUT2D eigenvalue weighted by molar-refractivity contribution is 7.14. The summed E-state index contributed by atoms with van der Waals surface area (Å²) >= 11 is 13.3. The number of unbranched alkanes of at least 4 members (excludes halogenated alkanes) is 4. The molecule has 6 heteroatoms. The van der Waals surface area contributed by atoms with E-state index in [9.17, 15) is 4.79 Å². The lowest BCUT2D eigenvalue weighted by Gasteiger charge is -2.02. The van der Waals surface area contributed by atoms with Crippen LogP contribution in [0, 0.1) is 0 Å². The summed E-state index contributed by atoms with van der Waals surface area (Å²) in [6.45, 7) is 2.18. The van der Waals surface area contributed by atoms with Gasteiger partial charge in [0, 0.05) is 17.4 Å². The summed E-state index contributed by atoms with van der Waals surface area (Å²) in [6, 6.07) is 5.38. The van der Waals surface area contributed by atoms with Crippen LogP contribution in [0.5, 0.6) is 0 Å². The van der Waals surface area contributed by atoms with Crippen molar-refractivity contribution in [3.8, 4) is 11.3 Å². The molecular formula is C17H20Cl2N2OS. The molecule has 2 aromatic rings. The Labute approximate surface area is 151 Å². The maximum atomic E-state index is 11.9. The van der Waals surface area contributed by atoms with Crippen LogP contribution in [-0.4, -0.2) is 10.9 Å². The van der Waals surface area contributed by atoms with E-state index in [-0.39, 0.29) is 5.91 Å². The third kappa shape index (κ3) is 5.79. The van der Waals surface area contributed by atoms with Gasteiger partial charge in [0.1, 0.15) is 0 Å². The van der Waals surface area contributed by atoms with Gasteiger partial charge in [0.2, 0.25) is 5.91 Å². The number of hydrogen-bond acceptors (Lipinski definition) is 3. The highest BCUT2D eigenvalue weighted by atomic mass is 35.5. The van der Waals surface area contributed by atoms with Crippen molar-refractivity contribution in [2.75, 3.05) is 5.32 Å². The molecule has 0 aliphatic rings. The van der Waals surface area contributed by atoms with Crippen LogP contribution in [0.3, 0.4) is 0 Å². The van der Waals surface area contributed by atoms with Crippen molar-refractivity contribution in [2.45, 2.75) is 45.4 Å². The van der Waals surface area contributed by atoms with Crippen LogP contribution < -0.4 is 5.32 Å². The molecule has 0 spiro atoms. The standard InChI is InChI=1S/C17H20Cl2N2OS/c1-2-3-4-5-6-7-16(22)21-17-20-15(11-23-17)12-8-9-13(18)14(19)10-12/h8-11H,2-7H2,1H3,(H,20,21,22). The van der Waals surface area contributed by atoms with Gasteiger partial charge in [-0.3, -0.25) is 4.79 Å². The smallest absolute Gasteiger partial charge is 0.226 e. The van der Waals surface area contributed by atoms with Crippen LogP contribution in [0.25, 0.3) is 11.3 Å². The lowest BCUT2D eigenvalue weighted by Crippen LogP contribution is -2.10. The Morgan fingerprint density at radius 2 is 1.96 bits per heavy atom. The molecule has 3 nitrogen and oxygen atoms in total. The van der Waals surface area contributed by atoms with E-state index in [1.807, 2.05) is 11.4 Å². The average Bonchev–Trinajstić information content (AvgIpc) is 2.98. The SMILES string of the molecule is CCCCCCCC(=O)Nc1nc(-c2ccc(Cl)c(Cl)c2)cs1. The summed E-state index contributed by atoms with van der Waals surface area (Å²) in [6.07, 6.45) is 6.22. The second-order valence-corrected chi connectivity index (χ2v) is 7.05. The number of anilines is 1. The highest BCUT2D eigenvalue weighted by Crippen LogP contribution is 2.30. The first-order chi connectivity index (χ1) is 11.1. The number of thiazole rings is 1. The number of halogens is 2. The average molecular weight is 371 g/mol. The number of carbonyl (C=O) groups is 1. The molecular weight excluding hydrogens is 351 g/mol. The molecule has 1 aromatic heterocycles. The second kappa shape index (κ2) is 9.26. The minimum atomic E-state index is 0.0246. The van der Waals surface area contributed by atoms with Gasteiger partial charge < -0.3 is 5.32 Å². The van der Waals surface area contributed by atoms with Gasteiger partial charge in [-0.05, 0) is 18.6 Å². The Hall–Kier alpha value is -1.10. The Morgan fingerprint density at radius 3 is 2.70 bits per heavy atom. The molecule has 23 heavy (non-hydrogen) atoms. The van der Waals surface area contributed by atoms with Crippen LogP contribution in [-0.2, 0) is 4.79 Å². The van der Waals surface area contributed by atoms with Crippen LogP contribution in [0.4, 0.5) is 5.13 Å². The molecule has 0 bridgehead atoms. The molecule has 124 valence electrons. The molecule has 0 radical (unpaired) electrons. The lowest BCUT2D eigenvalue weighted by atomic mass is 10.1. The van der Waals surface area contributed by atoms with E-state index >= 15 is 0 Å². The van der Waals surface area contributed by atoms with E-state index in [1.165, 1.54) is 30.6 Å². The summed E-state index contributed by atoms with van der Waals surface area (Å²) in [5.41, 5.74) is 1.67. The first-order valence-electron chi connectivity index (χ1n) is 7.81. The molecule has 1 heterocycles. The van der Waals surface area contributed by atoms with Gasteiger partial charge in [-0.1, -0.05) is 61.9 Å². The summed E-state index contributed by atoms with van der Waals surface area (Å²) in [7, 11) is 0. The molecule has 0 fully saturated rings. The van der Waals surface area contributed by atoms with E-state index in [1.54, 1.807) is 12.1 Å². The third-order valence-electron chi connectivity index (χ3n) is 3.47. The monoisotopic (exact) mass is 370 g/mol. The van der Waals surface area contributed by atoms with Gasteiger partial charge >= 0.3 is 0 Å². The van der Waals surface area contributed by atoms with E-state index in [0.29, 0.717) is 21.6 Å². The first kappa shape index (κ1) is 18.2. The predicted molar refractivity (Wildman–Crippen MR) is 99.6 cm³/mol. The minimum absolute atomic E-state index is 0.0246. The van der Waals surface area contributed by atoms with Crippen molar-refractivity contribution in [3.63, 3.8) is 0 Å². The first-order valence-corrected chi connectivity index (χ1v) is 9.44. The zero-order chi connectivity index (χ0) is 16.7. The third-order valence-corrected chi connectivity index (χ3v) is 4.97.